The maximum absolute atomic E-state index is 12.1. The summed E-state index contributed by atoms with van der Waals surface area (Å²) in [6.45, 7) is 22.9. The second kappa shape index (κ2) is 24.0. The number of fused-ring (bicyclic) bond motifs is 16. The number of ether oxygens (including phenoxy) is 1. The lowest BCUT2D eigenvalue weighted by Gasteiger charge is -2.21. The Morgan fingerprint density at radius 2 is 0.655 bits per heavy atom. The first kappa shape index (κ1) is 61.1. The van der Waals surface area contributed by atoms with E-state index in [-0.39, 0.29) is 51.4 Å². The lowest BCUT2D eigenvalue weighted by molar-refractivity contribution is -0.138. The van der Waals surface area contributed by atoms with Crippen LogP contribution in [0.5, 0.6) is 0 Å². The standard InChI is InChI=1S/C68H74N8O11/c1-29-41(13-17-61(79)80)53-27-55-43(15-19-63(83)84)31(3)47(71-55)23-57-65(37(9)77)33(5)51(73-57)25-59-67(35(7)49(75-59)21-45(29)69-53)39(11)87-40(12)68-36(8)50-22-46-30(2)42(14-18-62(81)82)54(70-46)28-56-44(16-20-64(85)86)32(4)48(72-56)24-58-66(38(10)78)34(6)52(74-58)26-60(68)76-50/h21-28,37-40,71-72,75-78H,13-20H2,1-12H3,(H,79,80)(H,81,82)(H,83,84)(H,85,86). The number of aliphatic carboxylic acids is 4. The highest BCUT2D eigenvalue weighted by Gasteiger charge is 2.29. The summed E-state index contributed by atoms with van der Waals surface area (Å²) in [5.41, 5.74) is 22.5. The fraction of sp³-hybridized carbons (Fsp3) is 0.353. The topological polar surface area (TPSA) is 314 Å². The number of carboxylic acids is 4. The molecule has 10 N–H and O–H groups in total. The van der Waals surface area contributed by atoms with Crippen molar-refractivity contribution in [2.45, 2.75) is 159 Å². The summed E-state index contributed by atoms with van der Waals surface area (Å²) in [5.74, 6) is -3.81. The summed E-state index contributed by atoms with van der Waals surface area (Å²) in [4.78, 5) is 83.1. The van der Waals surface area contributed by atoms with E-state index in [9.17, 15) is 49.8 Å². The third-order valence-electron chi connectivity index (χ3n) is 17.7. The van der Waals surface area contributed by atoms with Crippen LogP contribution in [0, 0.1) is 27.7 Å². The molecule has 19 heteroatoms. The van der Waals surface area contributed by atoms with Gasteiger partial charge >= 0.3 is 23.9 Å². The van der Waals surface area contributed by atoms with Crippen LogP contribution in [0.3, 0.4) is 0 Å². The van der Waals surface area contributed by atoms with Crippen LogP contribution in [0.15, 0.2) is 48.5 Å². The predicted molar refractivity (Wildman–Crippen MR) is 338 cm³/mol. The number of carbonyl (C=O) groups is 4. The number of hydrogen-bond donors (Lipinski definition) is 10. The van der Waals surface area contributed by atoms with Crippen LogP contribution in [-0.2, 0) is 36.8 Å². The highest BCUT2D eigenvalue weighted by Crippen LogP contribution is 2.43. The predicted octanol–water partition coefficient (Wildman–Crippen LogP) is 13.3. The van der Waals surface area contributed by atoms with E-state index >= 15 is 0 Å². The van der Waals surface area contributed by atoms with Gasteiger partial charge in [0, 0.05) is 92.1 Å². The third-order valence-corrected chi connectivity index (χ3v) is 17.7. The second-order valence-electron chi connectivity index (χ2n) is 23.4. The smallest absolute Gasteiger partial charge is 0.303 e. The molecule has 4 aliphatic rings. The van der Waals surface area contributed by atoms with Crippen molar-refractivity contribution in [1.29, 1.82) is 0 Å². The van der Waals surface area contributed by atoms with Crippen LogP contribution in [0.25, 0.3) is 88.7 Å². The van der Waals surface area contributed by atoms with Crippen molar-refractivity contribution < 1.29 is 54.6 Å². The normalized spacial score (nSPS) is 15.0. The molecule has 16 bridgehead atoms. The summed E-state index contributed by atoms with van der Waals surface area (Å²) in [7, 11) is 0. The maximum Gasteiger partial charge on any atom is 0.303 e. The lowest BCUT2D eigenvalue weighted by Crippen LogP contribution is -2.07. The second-order valence-corrected chi connectivity index (χ2v) is 23.4. The van der Waals surface area contributed by atoms with Crippen LogP contribution in [0.1, 0.15) is 196 Å². The molecule has 10 rings (SSSR count). The first-order valence-corrected chi connectivity index (χ1v) is 29.4. The van der Waals surface area contributed by atoms with Gasteiger partial charge in [0.05, 0.1) is 70.0 Å². The SMILES string of the molecule is CC1=C(CCC(=O)O)c2cc3[nH]c(cc4nc(cc5[nH]c(cc1n2)c(C)c5C(C)OC(C)c1c(C)c2cc5nc(cc6[nH]c(cc7nc(cc1[nH]2)C(C)=C7C(C)O)c(C)c6CCC(=O)O)C(CCC(=O)O)=C5C)C(C)=C4C(C)O)c(C)c3CCC(=O)O. The molecule has 4 unspecified atom stereocenters. The molecule has 0 saturated carbocycles. The van der Waals surface area contributed by atoms with Gasteiger partial charge in [0.15, 0.2) is 0 Å². The Hall–Kier alpha value is -9.04. The molecule has 0 saturated heterocycles. The molecule has 0 spiro atoms. The number of allylic oxidation sites excluding steroid dienone is 6. The number of H-pyrrole nitrogens is 4. The molecular weight excluding hydrogens is 1100 g/mol. The van der Waals surface area contributed by atoms with Crippen LogP contribution < -0.4 is 0 Å². The number of nitrogens with zero attached hydrogens (tertiary/aromatic N) is 4. The first-order valence-electron chi connectivity index (χ1n) is 29.4. The Kier molecular flexibility index (Phi) is 16.9. The Morgan fingerprint density at radius 3 is 1.00 bits per heavy atom. The highest BCUT2D eigenvalue weighted by molar-refractivity contribution is 5.98. The number of carboxylic acid groups (broad SMARTS) is 4. The third kappa shape index (κ3) is 11.9. The summed E-state index contributed by atoms with van der Waals surface area (Å²) in [5, 5.41) is 62.1. The van der Waals surface area contributed by atoms with Gasteiger partial charge in [0.25, 0.3) is 0 Å². The van der Waals surface area contributed by atoms with Gasteiger partial charge < -0.3 is 55.3 Å². The van der Waals surface area contributed by atoms with Gasteiger partial charge in [0.1, 0.15) is 0 Å². The van der Waals surface area contributed by atoms with Gasteiger partial charge in [-0.2, -0.15) is 0 Å². The number of aromatic nitrogens is 8. The van der Waals surface area contributed by atoms with E-state index in [1.807, 2.05) is 118 Å². The number of rotatable bonds is 18. The molecule has 0 aromatic carbocycles. The molecule has 0 fully saturated rings. The van der Waals surface area contributed by atoms with E-state index in [1.54, 1.807) is 13.8 Å². The molecule has 19 nitrogen and oxygen atoms in total. The van der Waals surface area contributed by atoms with Crippen molar-refractivity contribution in [3.8, 4) is 0 Å². The minimum absolute atomic E-state index is 0.119. The van der Waals surface area contributed by atoms with E-state index in [1.165, 1.54) is 0 Å². The number of nitrogens with one attached hydrogen (secondary N) is 4. The molecule has 6 aromatic heterocycles. The van der Waals surface area contributed by atoms with E-state index < -0.39 is 48.3 Å². The molecule has 4 aliphatic heterocycles. The van der Waals surface area contributed by atoms with Crippen molar-refractivity contribution in [1.82, 2.24) is 39.9 Å². The molecule has 0 aliphatic carbocycles. The van der Waals surface area contributed by atoms with Gasteiger partial charge in [-0.1, -0.05) is 0 Å². The Labute approximate surface area is 502 Å². The number of aryl methyl sites for hydroxylation is 6. The van der Waals surface area contributed by atoms with Crippen molar-refractivity contribution in [2.75, 3.05) is 0 Å². The molecule has 6 aromatic rings. The molecular formula is C68H74N8O11. The lowest BCUT2D eigenvalue weighted by atomic mass is 9.99. The van der Waals surface area contributed by atoms with Crippen molar-refractivity contribution in [3.63, 3.8) is 0 Å². The van der Waals surface area contributed by atoms with Crippen LogP contribution in [0.4, 0.5) is 0 Å². The van der Waals surface area contributed by atoms with Gasteiger partial charge in [-0.15, -0.1) is 0 Å². The van der Waals surface area contributed by atoms with Crippen molar-refractivity contribution >= 4 is 113 Å². The first-order chi connectivity index (χ1) is 41.2. The summed E-state index contributed by atoms with van der Waals surface area (Å²) in [6, 6.07) is 15.3. The fourth-order valence-electron chi connectivity index (χ4n) is 13.0. The Balaban J connectivity index is 1.19. The van der Waals surface area contributed by atoms with Crippen molar-refractivity contribution in [3.05, 3.63) is 139 Å². The quantitative estimate of drug-likeness (QED) is 0.0382. The minimum Gasteiger partial charge on any atom is -0.481 e. The molecule has 87 heavy (non-hydrogen) atoms. The molecule has 4 atom stereocenters. The van der Waals surface area contributed by atoms with Crippen LogP contribution >= 0.6 is 0 Å². The summed E-state index contributed by atoms with van der Waals surface area (Å²) >= 11 is 0. The Morgan fingerprint density at radius 1 is 0.379 bits per heavy atom. The number of aromatic amines is 4. The zero-order valence-corrected chi connectivity index (χ0v) is 51.1. The van der Waals surface area contributed by atoms with Gasteiger partial charge in [-0.3, -0.25) is 19.2 Å². The largest absolute Gasteiger partial charge is 0.481 e. The number of aliphatic hydroxyl groups is 2. The van der Waals surface area contributed by atoms with E-state index in [0.717, 1.165) is 89.0 Å². The molecule has 0 amide bonds. The molecule has 10 heterocycles. The van der Waals surface area contributed by atoms with Gasteiger partial charge in [-0.05, 0) is 224 Å². The van der Waals surface area contributed by atoms with Crippen LogP contribution in [-0.4, -0.2) is 107 Å². The van der Waals surface area contributed by atoms with E-state index in [4.69, 9.17) is 24.7 Å². The van der Waals surface area contributed by atoms with Gasteiger partial charge in [-0.25, -0.2) is 19.9 Å². The average molecular weight is 1180 g/mol. The monoisotopic (exact) mass is 1180 g/mol. The maximum atomic E-state index is 12.1. The fourth-order valence-corrected chi connectivity index (χ4v) is 13.0. The zero-order chi connectivity index (χ0) is 62.8. The summed E-state index contributed by atoms with van der Waals surface area (Å²) in [6.07, 6.45) is -2.67. The summed E-state index contributed by atoms with van der Waals surface area (Å²) < 4.78 is 7.27. The Bertz CT molecular complexity index is 4140. The highest BCUT2D eigenvalue weighted by atomic mass is 16.5. The number of aliphatic hydroxyl groups excluding tert-OH is 2. The molecule has 452 valence electrons. The van der Waals surface area contributed by atoms with E-state index in [0.29, 0.717) is 89.8 Å². The van der Waals surface area contributed by atoms with Crippen molar-refractivity contribution in [2.24, 2.45) is 0 Å². The zero-order valence-electron chi connectivity index (χ0n) is 51.1. The van der Waals surface area contributed by atoms with E-state index in [2.05, 4.69) is 19.9 Å². The van der Waals surface area contributed by atoms with Crippen LogP contribution in [0.2, 0.25) is 0 Å². The number of hydrogen-bond acceptors (Lipinski definition) is 11. The minimum atomic E-state index is -0.955. The average Bonchev–Trinajstić information content (AvgIpc) is 2.04. The molecule has 0 radical (unpaired) electrons. The van der Waals surface area contributed by atoms with Gasteiger partial charge in [0.2, 0.25) is 0 Å².